The summed E-state index contributed by atoms with van der Waals surface area (Å²) in [4.78, 5) is 13.7. The maximum Gasteiger partial charge on any atom is 0.274 e. The molecule has 0 aliphatic rings. The molecule has 0 unspecified atom stereocenters. The van der Waals surface area contributed by atoms with E-state index in [1.807, 2.05) is 0 Å². The molecule has 0 amide bonds. The third-order valence-corrected chi connectivity index (χ3v) is 2.46. The van der Waals surface area contributed by atoms with Crippen molar-refractivity contribution in [1.29, 1.82) is 0 Å². The Bertz CT molecular complexity index is 683. The second kappa shape index (κ2) is 5.49. The number of nitrogens with zero attached hydrogens (tertiary/aromatic N) is 3. The lowest BCUT2D eigenvalue weighted by Gasteiger charge is -2.00. The van der Waals surface area contributed by atoms with Crippen LogP contribution in [-0.2, 0) is 0 Å². The van der Waals surface area contributed by atoms with Crippen molar-refractivity contribution >= 4 is 23.8 Å². The minimum absolute atomic E-state index is 0.0402. The van der Waals surface area contributed by atoms with E-state index in [2.05, 4.69) is 25.7 Å². The standard InChI is InChI=1S/C11H10ClN5O2/c1-6-10(19)14-11(17-15-6)16-13-5-7-4-8(12)2-3-9(7)18/h2-5,18H,1H3,(H2,14,16,17,19)/b13-5-. The molecule has 0 aliphatic heterocycles. The summed E-state index contributed by atoms with van der Waals surface area (Å²) < 4.78 is 0. The monoisotopic (exact) mass is 279 g/mol. The zero-order chi connectivity index (χ0) is 13.8. The number of halogens is 1. The van der Waals surface area contributed by atoms with Gasteiger partial charge < -0.3 is 5.11 Å². The Morgan fingerprint density at radius 1 is 1.47 bits per heavy atom. The van der Waals surface area contributed by atoms with Crippen LogP contribution in [-0.4, -0.2) is 26.5 Å². The normalized spacial score (nSPS) is 10.8. The van der Waals surface area contributed by atoms with Crippen molar-refractivity contribution in [2.75, 3.05) is 5.43 Å². The van der Waals surface area contributed by atoms with Crippen LogP contribution in [0.25, 0.3) is 0 Å². The summed E-state index contributed by atoms with van der Waals surface area (Å²) >= 11 is 5.79. The second-order valence-corrected chi connectivity index (χ2v) is 4.10. The summed E-state index contributed by atoms with van der Waals surface area (Å²) in [5.74, 6) is 0.145. The highest BCUT2D eigenvalue weighted by Crippen LogP contribution is 2.19. The molecule has 8 heteroatoms. The number of rotatable bonds is 3. The van der Waals surface area contributed by atoms with E-state index < -0.39 is 0 Å². The van der Waals surface area contributed by atoms with Gasteiger partial charge in [-0.05, 0) is 25.1 Å². The summed E-state index contributed by atoms with van der Waals surface area (Å²) in [5, 5.41) is 21.2. The van der Waals surface area contributed by atoms with E-state index in [4.69, 9.17) is 11.6 Å². The molecule has 1 aromatic heterocycles. The minimum atomic E-state index is -0.349. The average Bonchev–Trinajstić information content (AvgIpc) is 2.38. The molecule has 2 aromatic rings. The highest BCUT2D eigenvalue weighted by atomic mass is 35.5. The second-order valence-electron chi connectivity index (χ2n) is 3.66. The van der Waals surface area contributed by atoms with Crippen molar-refractivity contribution in [2.24, 2.45) is 5.10 Å². The number of phenols is 1. The van der Waals surface area contributed by atoms with Gasteiger partial charge in [-0.15, -0.1) is 10.2 Å². The van der Waals surface area contributed by atoms with Gasteiger partial charge in [0.25, 0.3) is 5.56 Å². The van der Waals surface area contributed by atoms with Gasteiger partial charge in [-0.1, -0.05) is 11.6 Å². The molecule has 0 saturated carbocycles. The summed E-state index contributed by atoms with van der Waals surface area (Å²) in [5.41, 5.74) is 2.84. The Balaban J connectivity index is 2.13. The number of H-pyrrole nitrogens is 1. The van der Waals surface area contributed by atoms with Crippen LogP contribution in [0.5, 0.6) is 5.75 Å². The first kappa shape index (κ1) is 13.0. The van der Waals surface area contributed by atoms with Gasteiger partial charge in [-0.25, -0.2) is 5.43 Å². The number of benzene rings is 1. The molecule has 98 valence electrons. The van der Waals surface area contributed by atoms with Crippen molar-refractivity contribution in [3.8, 4) is 5.75 Å². The van der Waals surface area contributed by atoms with Crippen molar-refractivity contribution in [3.05, 3.63) is 44.8 Å². The first-order valence-corrected chi connectivity index (χ1v) is 5.65. The summed E-state index contributed by atoms with van der Waals surface area (Å²) in [6.07, 6.45) is 1.35. The molecule has 0 atom stereocenters. The van der Waals surface area contributed by atoms with Gasteiger partial charge in [-0.2, -0.15) is 5.10 Å². The molecule has 2 rings (SSSR count). The molecule has 1 heterocycles. The highest BCUT2D eigenvalue weighted by molar-refractivity contribution is 6.30. The number of hydrogen-bond acceptors (Lipinski definition) is 6. The van der Waals surface area contributed by atoms with Crippen molar-refractivity contribution in [3.63, 3.8) is 0 Å². The van der Waals surface area contributed by atoms with E-state index in [9.17, 15) is 9.90 Å². The number of nitrogens with one attached hydrogen (secondary N) is 2. The maximum absolute atomic E-state index is 11.3. The lowest BCUT2D eigenvalue weighted by atomic mass is 10.2. The van der Waals surface area contributed by atoms with Gasteiger partial charge in [0, 0.05) is 10.6 Å². The number of anilines is 1. The van der Waals surface area contributed by atoms with Crippen LogP contribution < -0.4 is 11.0 Å². The summed E-state index contributed by atoms with van der Waals surface area (Å²) in [6, 6.07) is 4.56. The molecule has 1 aromatic carbocycles. The van der Waals surface area contributed by atoms with E-state index in [0.29, 0.717) is 10.6 Å². The predicted molar refractivity (Wildman–Crippen MR) is 71.7 cm³/mol. The first-order chi connectivity index (χ1) is 9.06. The number of hydrogen-bond donors (Lipinski definition) is 3. The predicted octanol–water partition coefficient (Wildman–Crippen LogP) is 1.28. The van der Waals surface area contributed by atoms with Crippen LogP contribution in [0.4, 0.5) is 5.95 Å². The van der Waals surface area contributed by atoms with E-state index in [1.54, 1.807) is 19.1 Å². The number of aromatic nitrogens is 3. The molecule has 0 spiro atoms. The fraction of sp³-hybridized carbons (Fsp3) is 0.0909. The van der Waals surface area contributed by atoms with E-state index in [1.165, 1.54) is 12.3 Å². The molecule has 0 saturated heterocycles. The van der Waals surface area contributed by atoms with E-state index in [0.717, 1.165) is 0 Å². The number of hydrazone groups is 1. The van der Waals surface area contributed by atoms with Crippen LogP contribution in [0.3, 0.4) is 0 Å². The number of aryl methyl sites for hydroxylation is 1. The van der Waals surface area contributed by atoms with Crippen molar-refractivity contribution in [2.45, 2.75) is 6.92 Å². The number of aromatic hydroxyl groups is 1. The van der Waals surface area contributed by atoms with Crippen LogP contribution in [0.2, 0.25) is 5.02 Å². The smallest absolute Gasteiger partial charge is 0.274 e. The Morgan fingerprint density at radius 2 is 2.26 bits per heavy atom. The highest BCUT2D eigenvalue weighted by Gasteiger charge is 2.00. The quantitative estimate of drug-likeness (QED) is 0.580. The largest absolute Gasteiger partial charge is 0.507 e. The van der Waals surface area contributed by atoms with Gasteiger partial charge in [0.2, 0.25) is 5.95 Å². The average molecular weight is 280 g/mol. The van der Waals surface area contributed by atoms with Gasteiger partial charge in [0.15, 0.2) is 0 Å². The molecular weight excluding hydrogens is 270 g/mol. The van der Waals surface area contributed by atoms with E-state index >= 15 is 0 Å². The number of phenolic OH excluding ortho intramolecular Hbond substituents is 1. The third-order valence-electron chi connectivity index (χ3n) is 2.22. The SMILES string of the molecule is Cc1nnc(N/N=C\c2cc(Cl)ccc2O)[nH]c1=O. The topological polar surface area (TPSA) is 103 Å². The molecule has 19 heavy (non-hydrogen) atoms. The van der Waals surface area contributed by atoms with Crippen LogP contribution in [0, 0.1) is 6.92 Å². The van der Waals surface area contributed by atoms with Gasteiger partial charge in [0.1, 0.15) is 11.4 Å². The van der Waals surface area contributed by atoms with Gasteiger partial charge in [0.05, 0.1) is 6.21 Å². The van der Waals surface area contributed by atoms with Crippen LogP contribution >= 0.6 is 11.6 Å². The summed E-state index contributed by atoms with van der Waals surface area (Å²) in [7, 11) is 0. The Labute approximate surface area is 113 Å². The number of aromatic amines is 1. The fourth-order valence-electron chi connectivity index (χ4n) is 1.24. The molecule has 0 fully saturated rings. The molecule has 3 N–H and O–H groups in total. The van der Waals surface area contributed by atoms with Crippen molar-refractivity contribution < 1.29 is 5.11 Å². The molecule has 7 nitrogen and oxygen atoms in total. The Morgan fingerprint density at radius 3 is 3.00 bits per heavy atom. The van der Waals surface area contributed by atoms with Gasteiger partial charge in [-0.3, -0.25) is 9.78 Å². The van der Waals surface area contributed by atoms with Crippen LogP contribution in [0.15, 0.2) is 28.1 Å². The molecular formula is C11H10ClN5O2. The maximum atomic E-state index is 11.3. The van der Waals surface area contributed by atoms with Crippen molar-refractivity contribution in [1.82, 2.24) is 15.2 Å². The zero-order valence-electron chi connectivity index (χ0n) is 9.88. The third kappa shape index (κ3) is 3.29. The van der Waals surface area contributed by atoms with E-state index in [-0.39, 0.29) is 23.0 Å². The molecule has 0 bridgehead atoms. The summed E-state index contributed by atoms with van der Waals surface area (Å²) in [6.45, 7) is 1.54. The molecule has 0 aliphatic carbocycles. The van der Waals surface area contributed by atoms with Crippen LogP contribution in [0.1, 0.15) is 11.3 Å². The molecule has 0 radical (unpaired) electrons. The lowest BCUT2D eigenvalue weighted by molar-refractivity contribution is 0.474. The Kier molecular flexibility index (Phi) is 3.76. The minimum Gasteiger partial charge on any atom is -0.507 e. The Hall–Kier alpha value is -2.41. The zero-order valence-corrected chi connectivity index (χ0v) is 10.6. The lowest BCUT2D eigenvalue weighted by Crippen LogP contribution is -2.15. The first-order valence-electron chi connectivity index (χ1n) is 5.27. The van der Waals surface area contributed by atoms with Gasteiger partial charge >= 0.3 is 0 Å². The fourth-order valence-corrected chi connectivity index (χ4v) is 1.42.